The van der Waals surface area contributed by atoms with Crippen molar-refractivity contribution in [2.45, 2.75) is 11.4 Å². The van der Waals surface area contributed by atoms with E-state index in [1.54, 1.807) is 31.0 Å². The average molecular weight is 357 g/mol. The molecule has 0 fully saturated rings. The summed E-state index contributed by atoms with van der Waals surface area (Å²) in [6.07, 6.45) is 3.48. The zero-order valence-corrected chi connectivity index (χ0v) is 14.8. The van der Waals surface area contributed by atoms with E-state index in [0.29, 0.717) is 0 Å². The fourth-order valence-corrected chi connectivity index (χ4v) is 2.32. The summed E-state index contributed by atoms with van der Waals surface area (Å²) in [6, 6.07) is 14.9. The molecule has 0 radical (unpaired) electrons. The number of ether oxygens (including phenoxy) is 1. The van der Waals surface area contributed by atoms with Crippen molar-refractivity contribution in [1.82, 2.24) is 10.7 Å². The first kappa shape index (κ1) is 18.5. The highest BCUT2D eigenvalue weighted by Crippen LogP contribution is 2.14. The number of rotatable bonds is 6. The van der Waals surface area contributed by atoms with Crippen LogP contribution in [0.2, 0.25) is 0 Å². The van der Waals surface area contributed by atoms with E-state index in [0.717, 1.165) is 21.8 Å². The summed E-state index contributed by atoms with van der Waals surface area (Å²) in [5.41, 5.74) is 3.90. The SMILES string of the molecule is COc1ccc(CNC(=O)C(=O)N/N=C\c2ccc(SC)cc2)cc1. The van der Waals surface area contributed by atoms with Gasteiger partial charge in [0.15, 0.2) is 0 Å². The minimum Gasteiger partial charge on any atom is -0.497 e. The topological polar surface area (TPSA) is 79.8 Å². The van der Waals surface area contributed by atoms with Gasteiger partial charge in [-0.15, -0.1) is 11.8 Å². The standard InChI is InChI=1S/C18H19N3O3S/c1-24-15-7-3-13(4-8-15)11-19-17(22)18(23)21-20-12-14-5-9-16(25-2)10-6-14/h3-10,12H,11H2,1-2H3,(H,19,22)(H,21,23)/b20-12-. The number of benzene rings is 2. The van der Waals surface area contributed by atoms with Gasteiger partial charge in [-0.05, 0) is 41.6 Å². The van der Waals surface area contributed by atoms with Crippen LogP contribution < -0.4 is 15.5 Å². The van der Waals surface area contributed by atoms with Gasteiger partial charge in [0.2, 0.25) is 0 Å². The number of carbonyl (C=O) groups is 2. The zero-order valence-electron chi connectivity index (χ0n) is 14.0. The number of hydrogen-bond donors (Lipinski definition) is 2. The Labute approximate surface area is 150 Å². The lowest BCUT2D eigenvalue weighted by molar-refractivity contribution is -0.139. The van der Waals surface area contributed by atoms with Gasteiger partial charge < -0.3 is 10.1 Å². The Morgan fingerprint density at radius 1 is 1.08 bits per heavy atom. The van der Waals surface area contributed by atoms with E-state index < -0.39 is 11.8 Å². The first-order chi connectivity index (χ1) is 12.1. The second kappa shape index (κ2) is 9.48. The third-order valence-electron chi connectivity index (χ3n) is 3.31. The average Bonchev–Trinajstić information content (AvgIpc) is 2.66. The van der Waals surface area contributed by atoms with Gasteiger partial charge in [0.25, 0.3) is 0 Å². The maximum atomic E-state index is 11.7. The summed E-state index contributed by atoms with van der Waals surface area (Å²) < 4.78 is 5.06. The number of amides is 2. The number of nitrogens with zero attached hydrogens (tertiary/aromatic N) is 1. The molecule has 2 aromatic rings. The Morgan fingerprint density at radius 3 is 2.36 bits per heavy atom. The Morgan fingerprint density at radius 2 is 1.76 bits per heavy atom. The van der Waals surface area contributed by atoms with E-state index in [1.165, 1.54) is 6.21 Å². The second-order valence-corrected chi connectivity index (χ2v) is 5.88. The summed E-state index contributed by atoms with van der Waals surface area (Å²) in [4.78, 5) is 24.6. The summed E-state index contributed by atoms with van der Waals surface area (Å²) in [6.45, 7) is 0.246. The summed E-state index contributed by atoms with van der Waals surface area (Å²) in [7, 11) is 1.58. The summed E-state index contributed by atoms with van der Waals surface area (Å²) in [5.74, 6) is -0.830. The van der Waals surface area contributed by atoms with Crippen LogP contribution in [0.25, 0.3) is 0 Å². The number of thioether (sulfide) groups is 1. The molecule has 0 unspecified atom stereocenters. The van der Waals surface area contributed by atoms with Crippen LogP contribution >= 0.6 is 11.8 Å². The normalized spacial score (nSPS) is 10.5. The molecule has 0 aliphatic rings. The number of carbonyl (C=O) groups excluding carboxylic acids is 2. The van der Waals surface area contributed by atoms with E-state index in [2.05, 4.69) is 15.8 Å². The van der Waals surface area contributed by atoms with Crippen molar-refractivity contribution in [2.24, 2.45) is 5.10 Å². The first-order valence-corrected chi connectivity index (χ1v) is 8.73. The van der Waals surface area contributed by atoms with Crippen LogP contribution in [0, 0.1) is 0 Å². The Bertz CT molecular complexity index is 743. The lowest BCUT2D eigenvalue weighted by atomic mass is 10.2. The van der Waals surface area contributed by atoms with Crippen LogP contribution in [0.4, 0.5) is 0 Å². The van der Waals surface area contributed by atoms with Crippen LogP contribution in [0.5, 0.6) is 5.75 Å². The third kappa shape index (κ3) is 5.96. The van der Waals surface area contributed by atoms with Crippen molar-refractivity contribution in [1.29, 1.82) is 0 Å². The molecule has 2 aromatic carbocycles. The largest absolute Gasteiger partial charge is 0.497 e. The van der Waals surface area contributed by atoms with Crippen molar-refractivity contribution in [2.75, 3.05) is 13.4 Å². The van der Waals surface area contributed by atoms with Crippen molar-refractivity contribution < 1.29 is 14.3 Å². The summed E-state index contributed by atoms with van der Waals surface area (Å²) >= 11 is 1.64. The molecule has 7 heteroatoms. The minimum absolute atomic E-state index is 0.246. The van der Waals surface area contributed by atoms with Crippen LogP contribution in [0.15, 0.2) is 58.5 Å². The molecule has 0 aromatic heterocycles. The molecule has 2 rings (SSSR count). The van der Waals surface area contributed by atoms with E-state index >= 15 is 0 Å². The van der Waals surface area contributed by atoms with Crippen LogP contribution in [-0.4, -0.2) is 31.4 Å². The number of methoxy groups -OCH3 is 1. The predicted octanol–water partition coefficient (Wildman–Crippen LogP) is 2.18. The molecule has 0 bridgehead atoms. The number of nitrogens with one attached hydrogen (secondary N) is 2. The smallest absolute Gasteiger partial charge is 0.329 e. The monoisotopic (exact) mass is 357 g/mol. The zero-order chi connectivity index (χ0) is 18.1. The molecule has 0 aliphatic carbocycles. The Balaban J connectivity index is 1.78. The van der Waals surface area contributed by atoms with E-state index in [9.17, 15) is 9.59 Å². The highest BCUT2D eigenvalue weighted by atomic mass is 32.2. The fraction of sp³-hybridized carbons (Fsp3) is 0.167. The quantitative estimate of drug-likeness (QED) is 0.359. The van der Waals surface area contributed by atoms with Crippen LogP contribution in [-0.2, 0) is 16.1 Å². The third-order valence-corrected chi connectivity index (χ3v) is 4.06. The lowest BCUT2D eigenvalue weighted by Gasteiger charge is -2.05. The highest BCUT2D eigenvalue weighted by molar-refractivity contribution is 7.98. The van der Waals surface area contributed by atoms with Crippen LogP contribution in [0.1, 0.15) is 11.1 Å². The first-order valence-electron chi connectivity index (χ1n) is 7.50. The van der Waals surface area contributed by atoms with Gasteiger partial charge >= 0.3 is 11.8 Å². The molecule has 0 saturated carbocycles. The molecule has 25 heavy (non-hydrogen) atoms. The van der Waals surface area contributed by atoms with Gasteiger partial charge in [-0.3, -0.25) is 9.59 Å². The maximum Gasteiger partial charge on any atom is 0.329 e. The maximum absolute atomic E-state index is 11.7. The van der Waals surface area contributed by atoms with Crippen LogP contribution in [0.3, 0.4) is 0 Å². The van der Waals surface area contributed by atoms with E-state index in [4.69, 9.17) is 4.74 Å². The highest BCUT2D eigenvalue weighted by Gasteiger charge is 2.11. The van der Waals surface area contributed by atoms with Gasteiger partial charge in [0.1, 0.15) is 5.75 Å². The lowest BCUT2D eigenvalue weighted by Crippen LogP contribution is -2.37. The molecule has 2 amide bonds. The molecule has 0 spiro atoms. The van der Waals surface area contributed by atoms with Gasteiger partial charge in [-0.2, -0.15) is 5.10 Å². The second-order valence-electron chi connectivity index (χ2n) is 5.00. The molecular weight excluding hydrogens is 338 g/mol. The number of hydrogen-bond acceptors (Lipinski definition) is 5. The molecule has 0 heterocycles. The molecule has 6 nitrogen and oxygen atoms in total. The van der Waals surface area contributed by atoms with Gasteiger partial charge in [-0.25, -0.2) is 5.43 Å². The number of hydrazone groups is 1. The molecular formula is C18H19N3O3S. The van der Waals surface area contributed by atoms with Gasteiger partial charge in [-0.1, -0.05) is 24.3 Å². The van der Waals surface area contributed by atoms with Gasteiger partial charge in [0, 0.05) is 11.4 Å². The molecule has 2 N–H and O–H groups in total. The molecule has 0 saturated heterocycles. The van der Waals surface area contributed by atoms with E-state index in [1.807, 2.05) is 42.7 Å². The Kier molecular flexibility index (Phi) is 7.03. The summed E-state index contributed by atoms with van der Waals surface area (Å²) in [5, 5.41) is 6.32. The molecule has 0 atom stereocenters. The minimum atomic E-state index is -0.814. The van der Waals surface area contributed by atoms with Crippen molar-refractivity contribution in [3.8, 4) is 5.75 Å². The van der Waals surface area contributed by atoms with Gasteiger partial charge in [0.05, 0.1) is 13.3 Å². The van der Waals surface area contributed by atoms with E-state index in [-0.39, 0.29) is 6.54 Å². The fourth-order valence-electron chi connectivity index (χ4n) is 1.91. The van der Waals surface area contributed by atoms with Crippen molar-refractivity contribution >= 4 is 29.8 Å². The molecule has 0 aliphatic heterocycles. The van der Waals surface area contributed by atoms with Crippen molar-refractivity contribution in [3.05, 3.63) is 59.7 Å². The predicted molar refractivity (Wildman–Crippen MR) is 98.8 cm³/mol. The Hall–Kier alpha value is -2.80. The molecule has 130 valence electrons. The van der Waals surface area contributed by atoms with Crippen molar-refractivity contribution in [3.63, 3.8) is 0 Å².